The monoisotopic (exact) mass is 241 g/mol. The quantitative estimate of drug-likeness (QED) is 0.778. The molecule has 1 amide bonds. The molecule has 0 spiro atoms. The minimum absolute atomic E-state index is 0.222. The molecule has 1 aliphatic rings. The van der Waals surface area contributed by atoms with Crippen LogP contribution in [0.4, 0.5) is 0 Å². The molecule has 0 bridgehead atoms. The van der Waals surface area contributed by atoms with Crippen LogP contribution in [0.1, 0.15) is 33.1 Å². The Hall–Kier alpha value is -0.610. The molecule has 4 heteroatoms. The molecule has 17 heavy (non-hydrogen) atoms. The van der Waals surface area contributed by atoms with Crippen LogP contribution in [0.5, 0.6) is 0 Å². The van der Waals surface area contributed by atoms with Gasteiger partial charge in [0.15, 0.2) is 0 Å². The molecule has 2 unspecified atom stereocenters. The number of carbonyl (C=O) groups is 1. The van der Waals surface area contributed by atoms with E-state index >= 15 is 0 Å². The molecule has 2 atom stereocenters. The normalized spacial score (nSPS) is 25.9. The maximum absolute atomic E-state index is 12.0. The summed E-state index contributed by atoms with van der Waals surface area (Å²) in [5, 5.41) is 0. The number of nitrogens with two attached hydrogens (primary N) is 1. The Morgan fingerprint density at radius 3 is 2.82 bits per heavy atom. The molecule has 1 fully saturated rings. The van der Waals surface area contributed by atoms with E-state index in [0.717, 1.165) is 19.5 Å². The minimum atomic E-state index is 0.222. The van der Waals surface area contributed by atoms with Crippen molar-refractivity contribution in [3.63, 3.8) is 0 Å². The van der Waals surface area contributed by atoms with Crippen molar-refractivity contribution in [2.24, 2.45) is 11.7 Å². The summed E-state index contributed by atoms with van der Waals surface area (Å²) in [5.41, 5.74) is 5.45. The molecule has 0 saturated carbocycles. The van der Waals surface area contributed by atoms with Crippen molar-refractivity contribution in [3.8, 4) is 0 Å². The molecule has 1 saturated heterocycles. The Balaban J connectivity index is 2.39. The van der Waals surface area contributed by atoms with Crippen molar-refractivity contribution < 1.29 is 4.79 Å². The van der Waals surface area contributed by atoms with Crippen LogP contribution < -0.4 is 5.73 Å². The fraction of sp³-hybridized carbons (Fsp3) is 0.923. The van der Waals surface area contributed by atoms with E-state index in [0.29, 0.717) is 25.0 Å². The van der Waals surface area contributed by atoms with Gasteiger partial charge in [-0.05, 0) is 45.2 Å². The molecule has 0 aromatic rings. The molecule has 4 nitrogen and oxygen atoms in total. The molecule has 100 valence electrons. The van der Waals surface area contributed by atoms with Gasteiger partial charge in [0, 0.05) is 19.6 Å². The average Bonchev–Trinajstić information content (AvgIpc) is 2.31. The van der Waals surface area contributed by atoms with Gasteiger partial charge in [0.2, 0.25) is 5.91 Å². The molecule has 2 N–H and O–H groups in total. The zero-order valence-corrected chi connectivity index (χ0v) is 11.5. The van der Waals surface area contributed by atoms with Crippen molar-refractivity contribution in [1.29, 1.82) is 0 Å². The van der Waals surface area contributed by atoms with Crippen molar-refractivity contribution in [2.45, 2.75) is 39.2 Å². The van der Waals surface area contributed by atoms with E-state index in [-0.39, 0.29) is 5.91 Å². The largest absolute Gasteiger partial charge is 0.345 e. The second-order valence-electron chi connectivity index (χ2n) is 5.29. The van der Waals surface area contributed by atoms with Crippen molar-refractivity contribution in [1.82, 2.24) is 9.80 Å². The summed E-state index contributed by atoms with van der Waals surface area (Å²) in [5.74, 6) is 0.922. The number of likely N-dealkylation sites (N-methyl/N-ethyl adjacent to an activating group) is 1. The van der Waals surface area contributed by atoms with Crippen LogP contribution in [0.3, 0.4) is 0 Å². The van der Waals surface area contributed by atoms with Gasteiger partial charge in [-0.3, -0.25) is 9.69 Å². The number of carbonyl (C=O) groups excluding carboxylic acids is 1. The predicted molar refractivity (Wildman–Crippen MR) is 70.7 cm³/mol. The summed E-state index contributed by atoms with van der Waals surface area (Å²) in [6, 6.07) is 0.524. The summed E-state index contributed by atoms with van der Waals surface area (Å²) >= 11 is 0. The maximum atomic E-state index is 12.0. The highest BCUT2D eigenvalue weighted by Gasteiger charge is 2.26. The van der Waals surface area contributed by atoms with E-state index in [1.807, 2.05) is 7.05 Å². The van der Waals surface area contributed by atoms with E-state index < -0.39 is 0 Å². The first kappa shape index (κ1) is 14.5. The Morgan fingerprint density at radius 1 is 1.47 bits per heavy atom. The third kappa shape index (κ3) is 4.28. The fourth-order valence-corrected chi connectivity index (χ4v) is 2.39. The van der Waals surface area contributed by atoms with E-state index in [9.17, 15) is 4.79 Å². The summed E-state index contributed by atoms with van der Waals surface area (Å²) in [6.45, 7) is 7.55. The lowest BCUT2D eigenvalue weighted by atomic mass is 9.92. The number of amides is 1. The van der Waals surface area contributed by atoms with Gasteiger partial charge < -0.3 is 10.6 Å². The molecule has 0 aliphatic carbocycles. The molecule has 1 heterocycles. The van der Waals surface area contributed by atoms with Crippen LogP contribution in [-0.2, 0) is 4.79 Å². The van der Waals surface area contributed by atoms with Crippen LogP contribution >= 0.6 is 0 Å². The second-order valence-corrected chi connectivity index (χ2v) is 5.29. The van der Waals surface area contributed by atoms with Crippen LogP contribution in [0.25, 0.3) is 0 Å². The lowest BCUT2D eigenvalue weighted by molar-refractivity contribution is -0.132. The van der Waals surface area contributed by atoms with Crippen LogP contribution in [0, 0.1) is 5.92 Å². The smallest absolute Gasteiger partial charge is 0.236 e. The number of rotatable bonds is 5. The third-order valence-electron chi connectivity index (χ3n) is 3.97. The maximum Gasteiger partial charge on any atom is 0.236 e. The van der Waals surface area contributed by atoms with Crippen molar-refractivity contribution >= 4 is 5.91 Å². The number of likely N-dealkylation sites (tertiary alicyclic amines) is 1. The topological polar surface area (TPSA) is 49.6 Å². The summed E-state index contributed by atoms with van der Waals surface area (Å²) in [7, 11) is 1.87. The van der Waals surface area contributed by atoms with Gasteiger partial charge in [-0.15, -0.1) is 0 Å². The first-order valence-electron chi connectivity index (χ1n) is 6.74. The van der Waals surface area contributed by atoms with Gasteiger partial charge >= 0.3 is 0 Å². The molecule has 1 aliphatic heterocycles. The highest BCUT2D eigenvalue weighted by Crippen LogP contribution is 2.22. The van der Waals surface area contributed by atoms with Gasteiger partial charge in [-0.2, -0.15) is 0 Å². The average molecular weight is 241 g/mol. The Labute approximate surface area is 105 Å². The predicted octanol–water partition coefficient (Wildman–Crippen LogP) is 0.914. The number of nitrogens with zero attached hydrogens (tertiary/aromatic N) is 2. The Kier molecular flexibility index (Phi) is 5.92. The fourth-order valence-electron chi connectivity index (χ4n) is 2.39. The molecule has 0 aromatic heterocycles. The van der Waals surface area contributed by atoms with Gasteiger partial charge in [0.05, 0.1) is 6.54 Å². The van der Waals surface area contributed by atoms with E-state index in [1.165, 1.54) is 12.8 Å². The summed E-state index contributed by atoms with van der Waals surface area (Å²) in [4.78, 5) is 16.1. The highest BCUT2D eigenvalue weighted by atomic mass is 16.2. The van der Waals surface area contributed by atoms with Gasteiger partial charge in [0.1, 0.15) is 0 Å². The molecular weight excluding hydrogens is 214 g/mol. The van der Waals surface area contributed by atoms with Crippen LogP contribution in [0.2, 0.25) is 0 Å². The molecule has 0 aromatic carbocycles. The lowest BCUT2D eigenvalue weighted by Crippen LogP contribution is -2.47. The molecule has 0 radical (unpaired) electrons. The number of hydrogen-bond donors (Lipinski definition) is 1. The first-order valence-corrected chi connectivity index (χ1v) is 6.74. The second kappa shape index (κ2) is 6.97. The first-order chi connectivity index (χ1) is 8.06. The van der Waals surface area contributed by atoms with Crippen molar-refractivity contribution in [2.75, 3.05) is 33.2 Å². The zero-order valence-electron chi connectivity index (χ0n) is 11.5. The van der Waals surface area contributed by atoms with Gasteiger partial charge in [0.25, 0.3) is 0 Å². The van der Waals surface area contributed by atoms with Crippen molar-refractivity contribution in [3.05, 3.63) is 0 Å². The van der Waals surface area contributed by atoms with E-state index in [2.05, 4.69) is 18.7 Å². The SMILES string of the molecule is CC1CCCN(CC(=O)N(C)CCCN)C1C. The van der Waals surface area contributed by atoms with E-state index in [4.69, 9.17) is 5.73 Å². The number of piperidine rings is 1. The third-order valence-corrected chi connectivity index (χ3v) is 3.97. The Bertz CT molecular complexity index is 245. The van der Waals surface area contributed by atoms with Gasteiger partial charge in [-0.25, -0.2) is 0 Å². The minimum Gasteiger partial charge on any atom is -0.345 e. The Morgan fingerprint density at radius 2 is 2.18 bits per heavy atom. The number of hydrogen-bond acceptors (Lipinski definition) is 3. The summed E-state index contributed by atoms with van der Waals surface area (Å²) < 4.78 is 0. The zero-order chi connectivity index (χ0) is 12.8. The molecular formula is C13H27N3O. The van der Waals surface area contributed by atoms with Gasteiger partial charge in [-0.1, -0.05) is 6.92 Å². The highest BCUT2D eigenvalue weighted by molar-refractivity contribution is 5.78. The lowest BCUT2D eigenvalue weighted by Gasteiger charge is -2.38. The van der Waals surface area contributed by atoms with Crippen LogP contribution in [0.15, 0.2) is 0 Å². The van der Waals surface area contributed by atoms with Crippen LogP contribution in [-0.4, -0.2) is 55.0 Å². The standard InChI is InChI=1S/C13H27N3O/c1-11-6-4-9-16(12(11)2)10-13(17)15(3)8-5-7-14/h11-12H,4-10,14H2,1-3H3. The molecule has 1 rings (SSSR count). The van der Waals surface area contributed by atoms with E-state index in [1.54, 1.807) is 4.90 Å². The summed E-state index contributed by atoms with van der Waals surface area (Å²) in [6.07, 6.45) is 3.38.